The van der Waals surface area contributed by atoms with Crippen molar-refractivity contribution in [2.45, 2.75) is 9.88 Å². The molecule has 3 rings (SSSR count). The molecule has 0 N–H and O–H groups in total. The molecule has 0 unspecified atom stereocenters. The van der Waals surface area contributed by atoms with E-state index in [2.05, 4.69) is 68.6 Å². The van der Waals surface area contributed by atoms with Crippen molar-refractivity contribution in [1.82, 2.24) is 0 Å². The number of hydrogen-bond acceptors (Lipinski definition) is 0. The molecular formula is C16H16Sn. The summed E-state index contributed by atoms with van der Waals surface area (Å²) in [6.45, 7) is 0. The summed E-state index contributed by atoms with van der Waals surface area (Å²) < 4.78 is 4.23. The van der Waals surface area contributed by atoms with E-state index >= 15 is 0 Å². The standard InChI is InChI=1S/C14H10.2CH3.Sn/c1-12(13-8-4-2-5-9-13)14-10-6-3-7-11-14;;;/h1-10H;2*1H3;. The summed E-state index contributed by atoms with van der Waals surface area (Å²) in [6.07, 6.45) is 0. The van der Waals surface area contributed by atoms with Crippen LogP contribution in [0, 0.1) is 0 Å². The summed E-state index contributed by atoms with van der Waals surface area (Å²) in [4.78, 5) is 4.98. The van der Waals surface area contributed by atoms with Crippen LogP contribution in [0.1, 0.15) is 11.1 Å². The van der Waals surface area contributed by atoms with Gasteiger partial charge in [-0.15, -0.1) is 0 Å². The Balaban J connectivity index is 2.21. The fourth-order valence-electron chi connectivity index (χ4n) is 2.65. The Hall–Kier alpha value is -1.02. The Labute approximate surface area is 107 Å². The zero-order valence-corrected chi connectivity index (χ0v) is 13.1. The van der Waals surface area contributed by atoms with Crippen molar-refractivity contribution in [3.63, 3.8) is 0 Å². The third-order valence-corrected chi connectivity index (χ3v) is 11.6. The van der Waals surface area contributed by atoms with E-state index in [9.17, 15) is 0 Å². The first-order valence-electron chi connectivity index (χ1n) is 6.07. The molecule has 0 saturated heterocycles. The molecule has 0 bridgehead atoms. The first kappa shape index (κ1) is 11.1. The van der Waals surface area contributed by atoms with Crippen LogP contribution in [-0.4, -0.2) is 18.4 Å². The molecule has 1 heterocycles. The Bertz CT molecular complexity index is 579. The summed E-state index contributed by atoms with van der Waals surface area (Å²) in [5.41, 5.74) is 4.30. The van der Waals surface area contributed by atoms with Crippen LogP contribution in [0.15, 0.2) is 58.7 Å². The number of rotatable bonds is 1. The predicted octanol–water partition coefficient (Wildman–Crippen LogP) is 3.59. The molecule has 1 heteroatoms. The van der Waals surface area contributed by atoms with Gasteiger partial charge in [0, 0.05) is 0 Å². The monoisotopic (exact) mass is 328 g/mol. The summed E-state index contributed by atoms with van der Waals surface area (Å²) in [5.74, 6) is 0. The molecule has 1 aliphatic rings. The van der Waals surface area contributed by atoms with Gasteiger partial charge >= 0.3 is 107 Å². The van der Waals surface area contributed by atoms with Crippen molar-refractivity contribution in [1.29, 1.82) is 0 Å². The van der Waals surface area contributed by atoms with Crippen LogP contribution < -0.4 is 3.58 Å². The molecule has 0 aromatic heterocycles. The molecule has 0 saturated carbocycles. The minimum absolute atomic E-state index is 1.36. The molecule has 2 aromatic carbocycles. The molecule has 1 aliphatic heterocycles. The molecule has 0 atom stereocenters. The van der Waals surface area contributed by atoms with Crippen molar-refractivity contribution in [3.05, 3.63) is 69.8 Å². The van der Waals surface area contributed by atoms with Crippen LogP contribution in [0.2, 0.25) is 9.88 Å². The molecule has 0 aliphatic carbocycles. The van der Waals surface area contributed by atoms with E-state index in [0.29, 0.717) is 0 Å². The topological polar surface area (TPSA) is 0 Å². The molecule has 0 spiro atoms. The summed E-state index contributed by atoms with van der Waals surface area (Å²) in [7, 11) is 0. The SMILES string of the molecule is [CH3][Sn]1([CH3])[CH]=C(c2ccccc2)c2cccc[c]21. The van der Waals surface area contributed by atoms with Gasteiger partial charge in [0.15, 0.2) is 0 Å². The van der Waals surface area contributed by atoms with E-state index in [4.69, 9.17) is 0 Å². The van der Waals surface area contributed by atoms with Crippen LogP contribution in [0.25, 0.3) is 5.57 Å². The van der Waals surface area contributed by atoms with E-state index < -0.39 is 18.4 Å². The maximum atomic E-state index is 2.59. The van der Waals surface area contributed by atoms with Gasteiger partial charge in [0.1, 0.15) is 0 Å². The van der Waals surface area contributed by atoms with Gasteiger partial charge in [-0.3, -0.25) is 0 Å². The van der Waals surface area contributed by atoms with E-state index in [1.54, 1.807) is 3.58 Å². The Morgan fingerprint density at radius 3 is 2.18 bits per heavy atom. The fraction of sp³-hybridized carbons (Fsp3) is 0.125. The zero-order valence-electron chi connectivity index (χ0n) is 10.3. The molecule has 17 heavy (non-hydrogen) atoms. The average molecular weight is 327 g/mol. The van der Waals surface area contributed by atoms with Crippen molar-refractivity contribution in [2.75, 3.05) is 0 Å². The summed E-state index contributed by atoms with van der Waals surface area (Å²) >= 11 is -2.14. The van der Waals surface area contributed by atoms with Gasteiger partial charge in [0.2, 0.25) is 0 Å². The molecule has 0 fully saturated rings. The normalized spacial score (nSPS) is 16.5. The minimum atomic E-state index is -2.14. The van der Waals surface area contributed by atoms with Crippen molar-refractivity contribution >= 4 is 27.5 Å². The van der Waals surface area contributed by atoms with E-state index in [0.717, 1.165) is 0 Å². The average Bonchev–Trinajstić information content (AvgIpc) is 2.64. The number of fused-ring (bicyclic) bond motifs is 1. The quantitative estimate of drug-likeness (QED) is 0.703. The second-order valence-electron chi connectivity index (χ2n) is 5.19. The first-order valence-corrected chi connectivity index (χ1v) is 14.8. The fourth-order valence-corrected chi connectivity index (χ4v) is 10.2. The number of benzene rings is 2. The third-order valence-electron chi connectivity index (χ3n) is 3.50. The van der Waals surface area contributed by atoms with Crippen LogP contribution in [0.4, 0.5) is 0 Å². The van der Waals surface area contributed by atoms with Crippen molar-refractivity contribution in [3.8, 4) is 0 Å². The molecule has 2 aromatic rings. The van der Waals surface area contributed by atoms with Gasteiger partial charge in [0.25, 0.3) is 0 Å². The Morgan fingerprint density at radius 2 is 1.41 bits per heavy atom. The Morgan fingerprint density at radius 1 is 0.765 bits per heavy atom. The Kier molecular flexibility index (Phi) is 2.62. The van der Waals surface area contributed by atoms with E-state index in [-0.39, 0.29) is 0 Å². The van der Waals surface area contributed by atoms with E-state index in [1.807, 2.05) is 0 Å². The summed E-state index contributed by atoms with van der Waals surface area (Å²) in [6, 6.07) is 19.7. The maximum absolute atomic E-state index is 2.59. The van der Waals surface area contributed by atoms with Crippen molar-refractivity contribution < 1.29 is 0 Å². The van der Waals surface area contributed by atoms with Crippen LogP contribution in [-0.2, 0) is 0 Å². The van der Waals surface area contributed by atoms with Gasteiger partial charge in [0.05, 0.1) is 0 Å². The summed E-state index contributed by atoms with van der Waals surface area (Å²) in [5, 5.41) is 0. The molecule has 0 amide bonds. The van der Waals surface area contributed by atoms with Crippen LogP contribution in [0.5, 0.6) is 0 Å². The predicted molar refractivity (Wildman–Crippen MR) is 77.1 cm³/mol. The van der Waals surface area contributed by atoms with Gasteiger partial charge in [-0.05, 0) is 0 Å². The van der Waals surface area contributed by atoms with Gasteiger partial charge in [-0.2, -0.15) is 0 Å². The second kappa shape index (κ2) is 4.02. The van der Waals surface area contributed by atoms with Gasteiger partial charge in [-0.1, -0.05) is 0 Å². The van der Waals surface area contributed by atoms with Gasteiger partial charge in [-0.25, -0.2) is 0 Å². The zero-order chi connectivity index (χ0) is 11.9. The van der Waals surface area contributed by atoms with E-state index in [1.165, 1.54) is 16.7 Å². The van der Waals surface area contributed by atoms with Crippen molar-refractivity contribution in [2.24, 2.45) is 0 Å². The second-order valence-corrected chi connectivity index (χ2v) is 17.4. The van der Waals surface area contributed by atoms with Gasteiger partial charge < -0.3 is 0 Å². The molecular weight excluding hydrogens is 311 g/mol. The number of hydrogen-bond donors (Lipinski definition) is 0. The van der Waals surface area contributed by atoms with Crippen LogP contribution in [0.3, 0.4) is 0 Å². The first-order chi connectivity index (χ1) is 8.18. The third kappa shape index (κ3) is 1.85. The van der Waals surface area contributed by atoms with Crippen LogP contribution >= 0.6 is 0 Å². The molecule has 0 radical (unpaired) electrons. The molecule has 84 valence electrons. The molecule has 0 nitrogen and oxygen atoms in total.